The summed E-state index contributed by atoms with van der Waals surface area (Å²) in [5.41, 5.74) is 2.39. The van der Waals surface area contributed by atoms with E-state index in [9.17, 15) is 20.1 Å². The van der Waals surface area contributed by atoms with Gasteiger partial charge in [0.25, 0.3) is 0 Å². The average Bonchev–Trinajstić information content (AvgIpc) is 3.50. The van der Waals surface area contributed by atoms with Gasteiger partial charge in [0, 0.05) is 6.42 Å². The van der Waals surface area contributed by atoms with Crippen LogP contribution in [0, 0.1) is 51.8 Å². The molecule has 4 fully saturated rings. The average molecular weight is 829 g/mol. The summed E-state index contributed by atoms with van der Waals surface area (Å²) in [6.07, 6.45) is 25.9. The third-order valence-electron chi connectivity index (χ3n) is 18.0. The Morgan fingerprint density at radius 1 is 0.763 bits per heavy atom. The van der Waals surface area contributed by atoms with E-state index in [1.54, 1.807) is 0 Å². The molecule has 1 heterocycles. The Balaban J connectivity index is 1.06. The van der Waals surface area contributed by atoms with Crippen LogP contribution in [0.15, 0.2) is 11.6 Å². The molecule has 0 aromatic carbocycles. The summed E-state index contributed by atoms with van der Waals surface area (Å²) < 4.78 is 18.1. The molecular weight excluding hydrogens is 737 g/mol. The number of aliphatic hydroxyl groups is 3. The predicted molar refractivity (Wildman–Crippen MR) is 240 cm³/mol. The standard InChI is InChI=1S/C52H92O7/c1-9-11-12-13-14-15-16-17-18-19-20-21-22-23-45(53)57-35-44-46(54)47(55)48(56)49(59-44)58-40-28-31-50(6)39(34-40)26-27-43-42(50)30-33-51(7)41(29-32-52(43,51)8)37(5)24-25-38(10-2)36(3)4/h26,36-38,40-44,46-49,54-56H,9-25,27-35H2,1-8H3/t37-,38?,40+,41-,42+,43-,44-,46-,47+,48-,49+,50+,51-,52+/m1/s1. The molecule has 4 aliphatic carbocycles. The first-order valence-electron chi connectivity index (χ1n) is 25.4. The Kier molecular flexibility index (Phi) is 18.8. The van der Waals surface area contributed by atoms with E-state index in [0.29, 0.717) is 29.1 Å². The van der Waals surface area contributed by atoms with Crippen LogP contribution in [-0.2, 0) is 19.0 Å². The zero-order valence-corrected chi connectivity index (χ0v) is 39.4. The lowest BCUT2D eigenvalue weighted by molar-refractivity contribution is -0.313. The molecule has 7 nitrogen and oxygen atoms in total. The van der Waals surface area contributed by atoms with Crippen LogP contribution in [0.4, 0.5) is 0 Å². The van der Waals surface area contributed by atoms with Crippen molar-refractivity contribution in [2.75, 3.05) is 6.61 Å². The first-order chi connectivity index (χ1) is 28.2. The number of fused-ring (bicyclic) bond motifs is 5. The van der Waals surface area contributed by atoms with Crippen LogP contribution in [0.1, 0.15) is 216 Å². The Morgan fingerprint density at radius 2 is 1.39 bits per heavy atom. The van der Waals surface area contributed by atoms with Gasteiger partial charge in [-0.1, -0.05) is 157 Å². The topological polar surface area (TPSA) is 105 Å². The molecule has 0 radical (unpaired) electrons. The Hall–Kier alpha value is -0.990. The molecule has 5 aliphatic rings. The van der Waals surface area contributed by atoms with Gasteiger partial charge in [0.1, 0.15) is 31.0 Å². The molecule has 3 N–H and O–H groups in total. The summed E-state index contributed by atoms with van der Waals surface area (Å²) in [4.78, 5) is 12.6. The molecule has 7 heteroatoms. The molecule has 14 atom stereocenters. The molecule has 0 spiro atoms. The monoisotopic (exact) mass is 829 g/mol. The van der Waals surface area contributed by atoms with Crippen molar-refractivity contribution in [2.45, 2.75) is 253 Å². The molecule has 1 unspecified atom stereocenters. The van der Waals surface area contributed by atoms with E-state index in [2.05, 4.69) is 61.5 Å². The van der Waals surface area contributed by atoms with Crippen LogP contribution in [-0.4, -0.2) is 64.7 Å². The second-order valence-corrected chi connectivity index (χ2v) is 21.8. The summed E-state index contributed by atoms with van der Waals surface area (Å²) in [5.74, 6) is 4.27. The highest BCUT2D eigenvalue weighted by atomic mass is 16.7. The molecule has 1 saturated heterocycles. The van der Waals surface area contributed by atoms with Crippen LogP contribution in [0.5, 0.6) is 0 Å². The van der Waals surface area contributed by atoms with Crippen LogP contribution in [0.3, 0.4) is 0 Å². The number of aliphatic hydroxyl groups excluding tert-OH is 3. The van der Waals surface area contributed by atoms with Gasteiger partial charge in [-0.05, 0) is 116 Å². The van der Waals surface area contributed by atoms with Gasteiger partial charge in [-0.3, -0.25) is 4.79 Å². The number of ether oxygens (including phenoxy) is 3. The molecule has 342 valence electrons. The first-order valence-corrected chi connectivity index (χ1v) is 25.4. The van der Waals surface area contributed by atoms with Gasteiger partial charge in [0.15, 0.2) is 6.29 Å². The van der Waals surface area contributed by atoms with Crippen molar-refractivity contribution in [1.29, 1.82) is 0 Å². The maximum Gasteiger partial charge on any atom is 0.305 e. The fraction of sp³-hybridized carbons (Fsp3) is 0.942. The highest BCUT2D eigenvalue weighted by Crippen LogP contribution is 2.73. The van der Waals surface area contributed by atoms with Gasteiger partial charge in [-0.15, -0.1) is 0 Å². The lowest BCUT2D eigenvalue weighted by Gasteiger charge is -2.63. The minimum Gasteiger partial charge on any atom is -0.463 e. The molecule has 0 aromatic heterocycles. The minimum atomic E-state index is -1.44. The fourth-order valence-electron chi connectivity index (χ4n) is 13.7. The highest BCUT2D eigenvalue weighted by molar-refractivity contribution is 5.69. The van der Waals surface area contributed by atoms with Crippen molar-refractivity contribution in [3.63, 3.8) is 0 Å². The van der Waals surface area contributed by atoms with Crippen LogP contribution < -0.4 is 0 Å². The predicted octanol–water partition coefficient (Wildman–Crippen LogP) is 12.3. The van der Waals surface area contributed by atoms with Gasteiger partial charge in [0.05, 0.1) is 6.10 Å². The van der Waals surface area contributed by atoms with Crippen LogP contribution >= 0.6 is 0 Å². The van der Waals surface area contributed by atoms with E-state index in [1.807, 2.05) is 0 Å². The van der Waals surface area contributed by atoms with Gasteiger partial charge in [-0.25, -0.2) is 0 Å². The number of allylic oxidation sites excluding steroid dienone is 1. The number of carbonyl (C=O) groups is 1. The fourth-order valence-corrected chi connectivity index (χ4v) is 13.7. The van der Waals surface area contributed by atoms with Gasteiger partial charge >= 0.3 is 5.97 Å². The molecule has 1 aliphatic heterocycles. The number of unbranched alkanes of at least 4 members (excludes halogenated alkanes) is 12. The van der Waals surface area contributed by atoms with E-state index in [4.69, 9.17) is 14.2 Å². The summed E-state index contributed by atoms with van der Waals surface area (Å²) in [7, 11) is 0. The van der Waals surface area contributed by atoms with Crippen molar-refractivity contribution >= 4 is 5.97 Å². The molecule has 5 rings (SSSR count). The number of carbonyl (C=O) groups excluding carboxylic acids is 1. The molecule has 3 saturated carbocycles. The Morgan fingerprint density at radius 3 is 2.02 bits per heavy atom. The molecular formula is C52H92O7. The minimum absolute atomic E-state index is 0.147. The lowest BCUT2D eigenvalue weighted by atomic mass is 9.42. The first kappa shape index (κ1) is 49.0. The largest absolute Gasteiger partial charge is 0.463 e. The molecule has 0 amide bonds. The zero-order chi connectivity index (χ0) is 42.8. The second-order valence-electron chi connectivity index (χ2n) is 21.8. The lowest BCUT2D eigenvalue weighted by Crippen LogP contribution is -2.60. The van der Waals surface area contributed by atoms with E-state index >= 15 is 0 Å². The molecule has 59 heavy (non-hydrogen) atoms. The van der Waals surface area contributed by atoms with Crippen molar-refractivity contribution < 1.29 is 34.3 Å². The van der Waals surface area contributed by atoms with E-state index in [0.717, 1.165) is 68.6 Å². The Bertz CT molecular complexity index is 1300. The summed E-state index contributed by atoms with van der Waals surface area (Å²) >= 11 is 0. The number of hydrogen-bond donors (Lipinski definition) is 3. The van der Waals surface area contributed by atoms with E-state index in [1.165, 1.54) is 115 Å². The smallest absolute Gasteiger partial charge is 0.305 e. The zero-order valence-electron chi connectivity index (χ0n) is 39.4. The van der Waals surface area contributed by atoms with E-state index < -0.39 is 30.7 Å². The second kappa shape index (κ2) is 22.6. The SMILES string of the molecule is CCCCCCCCCCCCCCCC(=O)OC[C@H]1O[C@H](O[C@H]2CC[C@@]3(C)C(=CC[C@@H]4[C@@H]3CC[C@]3(C)[C@@H]([C@H](C)CCC(CC)C(C)C)CC[C@@]43C)C2)[C@H](O)[C@@H](O)[C@@H]1O. The molecule has 0 aromatic rings. The quantitative estimate of drug-likeness (QED) is 0.0505. The van der Waals surface area contributed by atoms with Crippen LogP contribution in [0.2, 0.25) is 0 Å². The maximum absolute atomic E-state index is 12.6. The number of hydrogen-bond acceptors (Lipinski definition) is 7. The number of esters is 1. The van der Waals surface area contributed by atoms with Crippen molar-refractivity contribution in [2.24, 2.45) is 51.8 Å². The third-order valence-corrected chi connectivity index (χ3v) is 18.0. The van der Waals surface area contributed by atoms with Crippen molar-refractivity contribution in [3.05, 3.63) is 11.6 Å². The van der Waals surface area contributed by atoms with Gasteiger partial charge in [0.2, 0.25) is 0 Å². The van der Waals surface area contributed by atoms with Gasteiger partial charge in [-0.2, -0.15) is 0 Å². The van der Waals surface area contributed by atoms with Crippen molar-refractivity contribution in [1.82, 2.24) is 0 Å². The molecule has 0 bridgehead atoms. The van der Waals surface area contributed by atoms with Crippen LogP contribution in [0.25, 0.3) is 0 Å². The van der Waals surface area contributed by atoms with Gasteiger partial charge < -0.3 is 29.5 Å². The summed E-state index contributed by atoms with van der Waals surface area (Å²) in [5, 5.41) is 32.6. The highest BCUT2D eigenvalue weighted by Gasteiger charge is 2.65. The normalized spacial score (nSPS) is 38.0. The van der Waals surface area contributed by atoms with Crippen molar-refractivity contribution in [3.8, 4) is 0 Å². The maximum atomic E-state index is 12.6. The third kappa shape index (κ3) is 11.6. The Labute approximate surface area is 362 Å². The summed E-state index contributed by atoms with van der Waals surface area (Å²) in [6.45, 7) is 19.7. The summed E-state index contributed by atoms with van der Waals surface area (Å²) in [6, 6.07) is 0. The van der Waals surface area contributed by atoms with E-state index in [-0.39, 0.29) is 24.1 Å². The number of rotatable bonds is 24.